The van der Waals surface area contributed by atoms with Gasteiger partial charge in [-0.1, -0.05) is 17.3 Å². The summed E-state index contributed by atoms with van der Waals surface area (Å²) in [6.07, 6.45) is 5.36. The molecule has 0 aliphatic rings. The summed E-state index contributed by atoms with van der Waals surface area (Å²) in [5.41, 5.74) is 7.90. The van der Waals surface area contributed by atoms with Gasteiger partial charge in [-0.25, -0.2) is 9.48 Å². The highest BCUT2D eigenvalue weighted by molar-refractivity contribution is 6.08. The molecule has 0 saturated carbocycles. The Kier molecular flexibility index (Phi) is 5.29. The molecule has 0 aliphatic carbocycles. The van der Waals surface area contributed by atoms with Crippen LogP contribution in [0.1, 0.15) is 33.6 Å². The van der Waals surface area contributed by atoms with Crippen LogP contribution in [0.15, 0.2) is 67.1 Å². The molecule has 6 rings (SSSR count). The molecular formula is C27H24N8O2. The van der Waals surface area contributed by atoms with Gasteiger partial charge in [0.05, 0.1) is 46.4 Å². The SMILES string of the molecule is COC(=O)c1cc2c(c3ncc(-c4c(C)nnn4C)cc3n2C(c2ccccn2)c2ccccn2)n1C. The molecule has 0 atom stereocenters. The molecule has 0 unspecified atom stereocenters. The minimum Gasteiger partial charge on any atom is -0.464 e. The first kappa shape index (κ1) is 22.6. The molecule has 0 amide bonds. The zero-order valence-corrected chi connectivity index (χ0v) is 20.8. The summed E-state index contributed by atoms with van der Waals surface area (Å²) >= 11 is 0. The van der Waals surface area contributed by atoms with Crippen LogP contribution in [0.5, 0.6) is 0 Å². The van der Waals surface area contributed by atoms with Crippen molar-refractivity contribution in [2.24, 2.45) is 14.1 Å². The second kappa shape index (κ2) is 8.66. The van der Waals surface area contributed by atoms with Crippen LogP contribution in [0.25, 0.3) is 33.3 Å². The molecule has 6 aromatic rings. The van der Waals surface area contributed by atoms with Crippen molar-refractivity contribution in [3.05, 3.63) is 89.9 Å². The first-order chi connectivity index (χ1) is 18.0. The van der Waals surface area contributed by atoms with Crippen molar-refractivity contribution >= 4 is 28.0 Å². The van der Waals surface area contributed by atoms with Crippen LogP contribution in [0.2, 0.25) is 0 Å². The lowest BCUT2D eigenvalue weighted by atomic mass is 10.1. The highest BCUT2D eigenvalue weighted by Crippen LogP contribution is 2.38. The van der Waals surface area contributed by atoms with E-state index in [2.05, 4.69) is 20.9 Å². The Morgan fingerprint density at radius 3 is 2.22 bits per heavy atom. The predicted octanol–water partition coefficient (Wildman–Crippen LogP) is 3.85. The third-order valence-electron chi connectivity index (χ3n) is 6.68. The Bertz CT molecular complexity index is 1710. The first-order valence-corrected chi connectivity index (χ1v) is 11.8. The number of hydrogen-bond donors (Lipinski definition) is 0. The van der Waals surface area contributed by atoms with Gasteiger partial charge in [0.25, 0.3) is 0 Å². The Hall–Kier alpha value is -4.86. The van der Waals surface area contributed by atoms with Crippen molar-refractivity contribution in [1.82, 2.24) is 39.1 Å². The molecule has 10 heteroatoms. The Morgan fingerprint density at radius 2 is 1.65 bits per heavy atom. The molecule has 6 aromatic heterocycles. The predicted molar refractivity (Wildman–Crippen MR) is 138 cm³/mol. The fourth-order valence-electron chi connectivity index (χ4n) is 5.06. The summed E-state index contributed by atoms with van der Waals surface area (Å²) in [7, 11) is 5.09. The number of ether oxygens (including phenoxy) is 1. The smallest absolute Gasteiger partial charge is 0.354 e. The number of carbonyl (C=O) groups is 1. The molecule has 6 heterocycles. The summed E-state index contributed by atoms with van der Waals surface area (Å²) in [6, 6.07) is 15.2. The maximum absolute atomic E-state index is 12.6. The van der Waals surface area contributed by atoms with Gasteiger partial charge >= 0.3 is 5.97 Å². The number of fused-ring (bicyclic) bond motifs is 3. The molecule has 0 aromatic carbocycles. The fourth-order valence-corrected chi connectivity index (χ4v) is 5.06. The van der Waals surface area contributed by atoms with Crippen molar-refractivity contribution in [1.29, 1.82) is 0 Å². The van der Waals surface area contributed by atoms with Crippen LogP contribution < -0.4 is 0 Å². The number of pyridine rings is 3. The van der Waals surface area contributed by atoms with E-state index in [9.17, 15) is 4.79 Å². The number of aryl methyl sites for hydroxylation is 3. The van der Waals surface area contributed by atoms with Gasteiger partial charge in [-0.2, -0.15) is 0 Å². The van der Waals surface area contributed by atoms with E-state index in [4.69, 9.17) is 19.7 Å². The molecule has 37 heavy (non-hydrogen) atoms. The summed E-state index contributed by atoms with van der Waals surface area (Å²) in [5.74, 6) is -0.418. The molecule has 0 fully saturated rings. The van der Waals surface area contributed by atoms with Gasteiger partial charge in [0, 0.05) is 38.2 Å². The van der Waals surface area contributed by atoms with Crippen LogP contribution in [-0.2, 0) is 18.8 Å². The van der Waals surface area contributed by atoms with Gasteiger partial charge in [0.15, 0.2) is 0 Å². The zero-order valence-electron chi connectivity index (χ0n) is 20.8. The number of aromatic nitrogens is 8. The van der Waals surface area contributed by atoms with Crippen molar-refractivity contribution in [2.75, 3.05) is 7.11 Å². The van der Waals surface area contributed by atoms with Crippen LogP contribution in [0.3, 0.4) is 0 Å². The standard InChI is InChI=1S/C27H24N8O2/c1-16-24(34(3)32-31-16)17-13-20-23(30-15-17)26-21(14-22(33(26)2)27(36)37-4)35(20)25(18-9-5-7-11-28-18)19-10-6-8-12-29-19/h5-15,25H,1-4H3. The summed E-state index contributed by atoms with van der Waals surface area (Å²) in [6.45, 7) is 1.93. The Labute approximate surface area is 212 Å². The highest BCUT2D eigenvalue weighted by atomic mass is 16.5. The molecule has 0 saturated heterocycles. The second-order valence-electron chi connectivity index (χ2n) is 8.83. The molecule has 0 aliphatic heterocycles. The molecule has 10 nitrogen and oxygen atoms in total. The molecule has 184 valence electrons. The van der Waals surface area contributed by atoms with Crippen molar-refractivity contribution in [2.45, 2.75) is 13.0 Å². The number of hydrogen-bond acceptors (Lipinski definition) is 7. The highest BCUT2D eigenvalue weighted by Gasteiger charge is 2.29. The number of nitrogens with zero attached hydrogens (tertiary/aromatic N) is 8. The molecule has 0 radical (unpaired) electrons. The molecule has 0 spiro atoms. The van der Waals surface area contributed by atoms with Gasteiger partial charge < -0.3 is 13.9 Å². The van der Waals surface area contributed by atoms with E-state index in [1.807, 2.05) is 74.2 Å². The first-order valence-electron chi connectivity index (χ1n) is 11.8. The Morgan fingerprint density at radius 1 is 0.946 bits per heavy atom. The molecule has 0 N–H and O–H groups in total. The molecular weight excluding hydrogens is 468 g/mol. The lowest BCUT2D eigenvalue weighted by Crippen LogP contribution is -2.15. The largest absolute Gasteiger partial charge is 0.464 e. The second-order valence-corrected chi connectivity index (χ2v) is 8.83. The molecule has 0 bridgehead atoms. The third-order valence-corrected chi connectivity index (χ3v) is 6.68. The maximum atomic E-state index is 12.6. The van der Waals surface area contributed by atoms with E-state index in [0.29, 0.717) is 5.69 Å². The van der Waals surface area contributed by atoms with E-state index in [1.165, 1.54) is 7.11 Å². The van der Waals surface area contributed by atoms with Crippen molar-refractivity contribution in [3.63, 3.8) is 0 Å². The van der Waals surface area contributed by atoms with Gasteiger partial charge in [-0.15, -0.1) is 5.10 Å². The van der Waals surface area contributed by atoms with Gasteiger partial charge in [0.1, 0.15) is 17.3 Å². The lowest BCUT2D eigenvalue weighted by molar-refractivity contribution is 0.0590. The van der Waals surface area contributed by atoms with E-state index in [1.54, 1.807) is 17.1 Å². The number of rotatable bonds is 5. The number of carbonyl (C=O) groups excluding carboxylic acids is 1. The van der Waals surface area contributed by atoms with E-state index >= 15 is 0 Å². The summed E-state index contributed by atoms with van der Waals surface area (Å²) in [5, 5.41) is 8.38. The van der Waals surface area contributed by atoms with E-state index in [-0.39, 0.29) is 6.04 Å². The summed E-state index contributed by atoms with van der Waals surface area (Å²) in [4.78, 5) is 26.9. The normalized spacial score (nSPS) is 11.6. The quantitative estimate of drug-likeness (QED) is 0.337. The lowest BCUT2D eigenvalue weighted by Gasteiger charge is -2.20. The number of esters is 1. The maximum Gasteiger partial charge on any atom is 0.354 e. The van der Waals surface area contributed by atoms with Crippen LogP contribution in [-0.4, -0.2) is 52.2 Å². The van der Waals surface area contributed by atoms with Gasteiger partial charge in [-0.05, 0) is 43.3 Å². The van der Waals surface area contributed by atoms with Gasteiger partial charge in [-0.3, -0.25) is 15.0 Å². The van der Waals surface area contributed by atoms with Crippen molar-refractivity contribution in [3.8, 4) is 11.3 Å². The van der Waals surface area contributed by atoms with Crippen LogP contribution in [0.4, 0.5) is 0 Å². The van der Waals surface area contributed by atoms with Crippen LogP contribution >= 0.6 is 0 Å². The monoisotopic (exact) mass is 492 g/mol. The average Bonchev–Trinajstić information content (AvgIpc) is 3.55. The van der Waals surface area contributed by atoms with Crippen molar-refractivity contribution < 1.29 is 9.53 Å². The van der Waals surface area contributed by atoms with Gasteiger partial charge in [0.2, 0.25) is 0 Å². The summed E-state index contributed by atoms with van der Waals surface area (Å²) < 4.78 is 10.8. The Balaban J connectivity index is 1.74. The third kappa shape index (κ3) is 3.48. The topological polar surface area (TPSA) is 106 Å². The minimum atomic E-state index is -0.418. The number of methoxy groups -OCH3 is 1. The fraction of sp³-hybridized carbons (Fsp3) is 0.185. The van der Waals surface area contributed by atoms with Crippen LogP contribution in [0, 0.1) is 6.92 Å². The average molecular weight is 493 g/mol. The minimum absolute atomic E-state index is 0.377. The van der Waals surface area contributed by atoms with E-state index < -0.39 is 5.97 Å². The zero-order chi connectivity index (χ0) is 25.7. The van der Waals surface area contributed by atoms with E-state index in [0.717, 1.165) is 50.4 Å².